The van der Waals surface area contributed by atoms with E-state index in [-0.39, 0.29) is 12.6 Å². The first-order valence-corrected chi connectivity index (χ1v) is 9.69. The first kappa shape index (κ1) is 18.2. The lowest BCUT2D eigenvalue weighted by molar-refractivity contribution is -0.138. The van der Waals surface area contributed by atoms with Crippen molar-refractivity contribution in [2.24, 2.45) is 0 Å². The summed E-state index contributed by atoms with van der Waals surface area (Å²) in [6, 6.07) is 2.05. The molecule has 25 heavy (non-hydrogen) atoms. The van der Waals surface area contributed by atoms with Crippen molar-refractivity contribution >= 4 is 29.4 Å². The van der Waals surface area contributed by atoms with Crippen LogP contribution in [0.1, 0.15) is 0 Å². The maximum absolute atomic E-state index is 10.8. The van der Waals surface area contributed by atoms with Gasteiger partial charge in [-0.3, -0.25) is 9.69 Å². The van der Waals surface area contributed by atoms with Crippen LogP contribution in [0.4, 0.5) is 11.6 Å². The molecule has 0 bridgehead atoms. The van der Waals surface area contributed by atoms with Gasteiger partial charge < -0.3 is 19.6 Å². The van der Waals surface area contributed by atoms with Crippen molar-refractivity contribution in [2.75, 3.05) is 74.2 Å². The summed E-state index contributed by atoms with van der Waals surface area (Å²) in [5.41, 5.74) is 0. The molecular formula is C16H25N5O3S. The zero-order chi connectivity index (χ0) is 17.6. The topological polar surface area (TPSA) is 82.0 Å². The van der Waals surface area contributed by atoms with Crippen LogP contribution in [0.5, 0.6) is 0 Å². The van der Waals surface area contributed by atoms with Gasteiger partial charge in [0.15, 0.2) is 0 Å². The van der Waals surface area contributed by atoms with E-state index in [1.165, 1.54) is 0 Å². The number of rotatable bonds is 6. The molecule has 0 amide bonds. The molecule has 0 saturated carbocycles. The van der Waals surface area contributed by atoms with Gasteiger partial charge in [-0.05, 0) is 7.05 Å². The molecule has 9 heteroatoms. The van der Waals surface area contributed by atoms with Crippen LogP contribution < -0.4 is 9.80 Å². The van der Waals surface area contributed by atoms with Crippen LogP contribution in [-0.4, -0.2) is 96.5 Å². The second kappa shape index (κ2) is 8.68. The Morgan fingerprint density at radius 1 is 1.32 bits per heavy atom. The summed E-state index contributed by atoms with van der Waals surface area (Å²) in [7, 11) is 1.80. The Kier molecular flexibility index (Phi) is 6.33. The lowest BCUT2D eigenvalue weighted by atomic mass is 10.2. The molecule has 1 N–H and O–H groups in total. The van der Waals surface area contributed by atoms with E-state index in [9.17, 15) is 4.79 Å². The first-order valence-electron chi connectivity index (χ1n) is 8.53. The summed E-state index contributed by atoms with van der Waals surface area (Å²) in [6.07, 6.45) is 1.61. The molecule has 2 saturated heterocycles. The highest BCUT2D eigenvalue weighted by Crippen LogP contribution is 2.22. The number of aromatic nitrogens is 2. The number of carboxylic acids is 1. The number of anilines is 2. The molecule has 8 nitrogen and oxygen atoms in total. The number of likely N-dealkylation sites (N-methyl/N-ethyl adjacent to an activating group) is 1. The van der Waals surface area contributed by atoms with Gasteiger partial charge in [-0.2, -0.15) is 11.8 Å². The molecule has 0 aliphatic carbocycles. The quantitative estimate of drug-likeness (QED) is 0.761. The van der Waals surface area contributed by atoms with E-state index in [2.05, 4.69) is 25.8 Å². The molecule has 1 atom stereocenters. The number of carbonyl (C=O) groups is 1. The van der Waals surface area contributed by atoms with E-state index in [0.717, 1.165) is 42.8 Å². The number of nitrogens with zero attached hydrogens (tertiary/aromatic N) is 5. The van der Waals surface area contributed by atoms with Gasteiger partial charge in [0.25, 0.3) is 0 Å². The second-order valence-corrected chi connectivity index (χ2v) is 7.59. The maximum atomic E-state index is 10.8. The Morgan fingerprint density at radius 2 is 2.04 bits per heavy atom. The number of morpholine rings is 1. The average Bonchev–Trinajstić information content (AvgIpc) is 2.62. The van der Waals surface area contributed by atoms with Crippen molar-refractivity contribution in [2.45, 2.75) is 6.10 Å². The maximum Gasteiger partial charge on any atom is 0.317 e. The Hall–Kier alpha value is -1.58. The molecule has 2 aliphatic heterocycles. The van der Waals surface area contributed by atoms with Crippen LogP contribution in [0.15, 0.2) is 12.4 Å². The normalized spacial score (nSPS) is 21.6. The molecule has 138 valence electrons. The van der Waals surface area contributed by atoms with Gasteiger partial charge in [0.2, 0.25) is 0 Å². The fraction of sp³-hybridized carbons (Fsp3) is 0.688. The van der Waals surface area contributed by atoms with Crippen molar-refractivity contribution in [1.29, 1.82) is 0 Å². The largest absolute Gasteiger partial charge is 0.480 e. The molecule has 3 heterocycles. The number of ether oxygens (including phenoxy) is 1. The van der Waals surface area contributed by atoms with Crippen molar-refractivity contribution < 1.29 is 14.6 Å². The van der Waals surface area contributed by atoms with Crippen LogP contribution in [0.2, 0.25) is 0 Å². The summed E-state index contributed by atoms with van der Waals surface area (Å²) < 4.78 is 5.80. The third-order valence-electron chi connectivity index (χ3n) is 4.36. The molecule has 3 rings (SSSR count). The number of hydrogen-bond acceptors (Lipinski definition) is 8. The molecule has 0 aromatic carbocycles. The van der Waals surface area contributed by atoms with E-state index in [4.69, 9.17) is 9.84 Å². The average molecular weight is 367 g/mol. The van der Waals surface area contributed by atoms with Gasteiger partial charge in [0.05, 0.1) is 19.3 Å². The van der Waals surface area contributed by atoms with Crippen molar-refractivity contribution in [1.82, 2.24) is 14.9 Å². The molecule has 0 spiro atoms. The van der Waals surface area contributed by atoms with Crippen LogP contribution in [0.3, 0.4) is 0 Å². The van der Waals surface area contributed by atoms with Crippen LogP contribution >= 0.6 is 11.8 Å². The highest BCUT2D eigenvalue weighted by atomic mass is 32.2. The van der Waals surface area contributed by atoms with Gasteiger partial charge in [-0.1, -0.05) is 0 Å². The van der Waals surface area contributed by atoms with Crippen LogP contribution in [0.25, 0.3) is 0 Å². The monoisotopic (exact) mass is 367 g/mol. The van der Waals surface area contributed by atoms with E-state index in [0.29, 0.717) is 19.7 Å². The highest BCUT2D eigenvalue weighted by molar-refractivity contribution is 7.99. The van der Waals surface area contributed by atoms with E-state index in [1.54, 1.807) is 18.3 Å². The van der Waals surface area contributed by atoms with Gasteiger partial charge in [-0.15, -0.1) is 0 Å². The van der Waals surface area contributed by atoms with Crippen molar-refractivity contribution in [3.63, 3.8) is 0 Å². The van der Waals surface area contributed by atoms with E-state index < -0.39 is 5.97 Å². The molecular weight excluding hydrogens is 342 g/mol. The van der Waals surface area contributed by atoms with E-state index in [1.807, 2.05) is 11.8 Å². The SMILES string of the molecule is CN(CC(=O)O)CC1CN(c2cc(N3CCSCC3)ncn2)CCO1. The zero-order valence-corrected chi connectivity index (χ0v) is 15.3. The molecule has 1 aromatic heterocycles. The minimum Gasteiger partial charge on any atom is -0.480 e. The van der Waals surface area contributed by atoms with Gasteiger partial charge in [0, 0.05) is 50.3 Å². The first-order chi connectivity index (χ1) is 12.1. The van der Waals surface area contributed by atoms with Crippen LogP contribution in [0, 0.1) is 0 Å². The Labute approximate surface area is 152 Å². The van der Waals surface area contributed by atoms with Gasteiger partial charge in [0.1, 0.15) is 18.0 Å². The number of hydrogen-bond donors (Lipinski definition) is 1. The number of carboxylic acid groups (broad SMARTS) is 1. The summed E-state index contributed by atoms with van der Waals surface area (Å²) in [4.78, 5) is 26.0. The standard InChI is InChI=1S/C16H25N5O3S/c1-19(11-16(22)23)9-13-10-21(2-5-24-13)15-8-14(17-12-18-15)20-3-6-25-7-4-20/h8,12-13H,2-7,9-11H2,1H3,(H,22,23). The summed E-state index contributed by atoms with van der Waals surface area (Å²) in [5.74, 6) is 3.34. The van der Waals surface area contributed by atoms with Crippen molar-refractivity contribution in [3.8, 4) is 0 Å². The molecule has 1 unspecified atom stereocenters. The minimum atomic E-state index is -0.824. The Balaban J connectivity index is 1.62. The lowest BCUT2D eigenvalue weighted by Crippen LogP contribution is -2.48. The smallest absolute Gasteiger partial charge is 0.317 e. The fourth-order valence-electron chi connectivity index (χ4n) is 3.16. The summed E-state index contributed by atoms with van der Waals surface area (Å²) >= 11 is 1.98. The van der Waals surface area contributed by atoms with Crippen molar-refractivity contribution in [3.05, 3.63) is 12.4 Å². The van der Waals surface area contributed by atoms with Gasteiger partial charge >= 0.3 is 5.97 Å². The third kappa shape index (κ3) is 5.20. The molecule has 1 aromatic rings. The minimum absolute atomic E-state index is 0.0183. The molecule has 2 aliphatic rings. The highest BCUT2D eigenvalue weighted by Gasteiger charge is 2.24. The lowest BCUT2D eigenvalue weighted by Gasteiger charge is -2.35. The van der Waals surface area contributed by atoms with Crippen LogP contribution in [-0.2, 0) is 9.53 Å². The Morgan fingerprint density at radius 3 is 2.76 bits per heavy atom. The molecule has 0 radical (unpaired) electrons. The predicted octanol–water partition coefficient (Wildman–Crippen LogP) is 0.251. The second-order valence-electron chi connectivity index (χ2n) is 6.36. The van der Waals surface area contributed by atoms with Gasteiger partial charge in [-0.25, -0.2) is 9.97 Å². The molecule has 2 fully saturated rings. The summed E-state index contributed by atoms with van der Waals surface area (Å²) in [6.45, 7) is 4.75. The zero-order valence-electron chi connectivity index (χ0n) is 14.5. The van der Waals surface area contributed by atoms with E-state index >= 15 is 0 Å². The predicted molar refractivity (Wildman–Crippen MR) is 98.7 cm³/mol. The fourth-order valence-corrected chi connectivity index (χ4v) is 4.06. The summed E-state index contributed by atoms with van der Waals surface area (Å²) in [5, 5.41) is 8.88. The number of thioether (sulfide) groups is 1. The number of aliphatic carboxylic acids is 1. The third-order valence-corrected chi connectivity index (χ3v) is 5.30. The Bertz CT molecular complexity index is 585.